The van der Waals surface area contributed by atoms with Crippen LogP contribution >= 0.6 is 0 Å². The standard InChI is InChI=1S/C17H29F3N2O3/c1-14(2,3)25-13(23)22-10-8-16(24,9-11-22)15(21)6-4-12(5-7-15)17(18,19)20/h12,24H,4-11,21H2,1-3H3. The molecule has 5 nitrogen and oxygen atoms in total. The minimum absolute atomic E-state index is 0.0575. The smallest absolute Gasteiger partial charge is 0.410 e. The largest absolute Gasteiger partial charge is 0.444 e. The Morgan fingerprint density at radius 2 is 1.60 bits per heavy atom. The van der Waals surface area contributed by atoms with Crippen LogP contribution in [0.25, 0.3) is 0 Å². The summed E-state index contributed by atoms with van der Waals surface area (Å²) in [6.07, 6.45) is -3.99. The number of carbonyl (C=O) groups excluding carboxylic acids is 1. The molecule has 1 aliphatic heterocycles. The summed E-state index contributed by atoms with van der Waals surface area (Å²) in [7, 11) is 0. The molecule has 0 unspecified atom stereocenters. The van der Waals surface area contributed by atoms with Crippen LogP contribution in [-0.2, 0) is 4.74 Å². The summed E-state index contributed by atoms with van der Waals surface area (Å²) in [5, 5.41) is 11.0. The maximum Gasteiger partial charge on any atom is 0.410 e. The SMILES string of the molecule is CC(C)(C)OC(=O)N1CCC(O)(C2(N)CCC(C(F)(F)F)CC2)CC1. The van der Waals surface area contributed by atoms with Gasteiger partial charge in [0.1, 0.15) is 5.60 Å². The van der Waals surface area contributed by atoms with Gasteiger partial charge in [0.25, 0.3) is 0 Å². The zero-order chi connectivity index (χ0) is 19.1. The van der Waals surface area contributed by atoms with Crippen molar-refractivity contribution in [2.75, 3.05) is 13.1 Å². The first-order valence-corrected chi connectivity index (χ1v) is 8.82. The Hall–Kier alpha value is -1.02. The van der Waals surface area contributed by atoms with E-state index < -0.39 is 34.9 Å². The Balaban J connectivity index is 1.95. The van der Waals surface area contributed by atoms with Crippen LogP contribution in [0.2, 0.25) is 0 Å². The van der Waals surface area contributed by atoms with E-state index in [1.54, 1.807) is 20.8 Å². The lowest BCUT2D eigenvalue weighted by Gasteiger charge is -2.51. The highest BCUT2D eigenvalue weighted by Gasteiger charge is 2.54. The van der Waals surface area contributed by atoms with Crippen LogP contribution < -0.4 is 5.73 Å². The Morgan fingerprint density at radius 1 is 1.12 bits per heavy atom. The third-order valence-electron chi connectivity index (χ3n) is 5.51. The van der Waals surface area contributed by atoms with Gasteiger partial charge in [-0.15, -0.1) is 0 Å². The molecule has 146 valence electrons. The van der Waals surface area contributed by atoms with Gasteiger partial charge in [0.15, 0.2) is 0 Å². The predicted molar refractivity (Wildman–Crippen MR) is 86.9 cm³/mol. The molecule has 2 rings (SSSR count). The fraction of sp³-hybridized carbons (Fsp3) is 0.941. The molecule has 0 bridgehead atoms. The minimum atomic E-state index is -4.20. The zero-order valence-electron chi connectivity index (χ0n) is 15.2. The molecule has 0 aromatic heterocycles. The van der Waals surface area contributed by atoms with E-state index in [0.29, 0.717) is 0 Å². The lowest BCUT2D eigenvalue weighted by Crippen LogP contribution is -2.66. The summed E-state index contributed by atoms with van der Waals surface area (Å²) in [6, 6.07) is 0. The van der Waals surface area contributed by atoms with Crippen LogP contribution in [0.15, 0.2) is 0 Å². The average Bonchev–Trinajstić information content (AvgIpc) is 2.45. The van der Waals surface area contributed by atoms with E-state index in [1.165, 1.54) is 4.90 Å². The number of nitrogens with two attached hydrogens (primary N) is 1. The number of nitrogens with zero attached hydrogens (tertiary/aromatic N) is 1. The van der Waals surface area contributed by atoms with Crippen LogP contribution in [0, 0.1) is 5.92 Å². The van der Waals surface area contributed by atoms with Gasteiger partial charge in [-0.3, -0.25) is 0 Å². The van der Waals surface area contributed by atoms with E-state index in [-0.39, 0.29) is 51.6 Å². The highest BCUT2D eigenvalue weighted by Crippen LogP contribution is 2.46. The molecule has 1 amide bonds. The van der Waals surface area contributed by atoms with E-state index in [2.05, 4.69) is 0 Å². The molecular weight excluding hydrogens is 337 g/mol. The number of ether oxygens (including phenoxy) is 1. The van der Waals surface area contributed by atoms with Gasteiger partial charge in [0.05, 0.1) is 11.5 Å². The normalized spacial score (nSPS) is 30.9. The number of likely N-dealkylation sites (tertiary alicyclic amines) is 1. The van der Waals surface area contributed by atoms with E-state index in [1.807, 2.05) is 0 Å². The van der Waals surface area contributed by atoms with Gasteiger partial charge in [-0.2, -0.15) is 13.2 Å². The van der Waals surface area contributed by atoms with Crippen molar-refractivity contribution in [1.82, 2.24) is 4.90 Å². The van der Waals surface area contributed by atoms with Crippen molar-refractivity contribution < 1.29 is 27.8 Å². The minimum Gasteiger partial charge on any atom is -0.444 e. The first-order chi connectivity index (χ1) is 11.3. The summed E-state index contributed by atoms with van der Waals surface area (Å²) in [6.45, 7) is 5.90. The molecule has 1 aliphatic carbocycles. The molecule has 1 heterocycles. The second kappa shape index (κ2) is 6.61. The Morgan fingerprint density at radius 3 is 2.00 bits per heavy atom. The van der Waals surface area contributed by atoms with Gasteiger partial charge in [-0.25, -0.2) is 4.79 Å². The second-order valence-corrected chi connectivity index (χ2v) is 8.47. The van der Waals surface area contributed by atoms with Crippen LogP contribution in [-0.4, -0.2) is 52.1 Å². The van der Waals surface area contributed by atoms with Crippen molar-refractivity contribution >= 4 is 6.09 Å². The molecule has 1 saturated carbocycles. The van der Waals surface area contributed by atoms with Gasteiger partial charge in [-0.05, 0) is 59.3 Å². The maximum atomic E-state index is 12.8. The topological polar surface area (TPSA) is 75.8 Å². The lowest BCUT2D eigenvalue weighted by molar-refractivity contribution is -0.192. The fourth-order valence-electron chi connectivity index (χ4n) is 3.81. The van der Waals surface area contributed by atoms with Crippen molar-refractivity contribution in [3.8, 4) is 0 Å². The van der Waals surface area contributed by atoms with Gasteiger partial charge >= 0.3 is 12.3 Å². The Bertz CT molecular complexity index is 486. The Kier molecular flexibility index (Phi) is 5.37. The van der Waals surface area contributed by atoms with Crippen LogP contribution in [0.1, 0.15) is 59.3 Å². The highest BCUT2D eigenvalue weighted by molar-refractivity contribution is 5.68. The molecule has 2 fully saturated rings. The molecule has 0 spiro atoms. The molecule has 0 atom stereocenters. The van der Waals surface area contributed by atoms with Crippen molar-refractivity contribution in [2.24, 2.45) is 11.7 Å². The summed E-state index contributed by atoms with van der Waals surface area (Å²) in [5.74, 6) is -1.34. The number of halogens is 3. The van der Waals surface area contributed by atoms with Crippen molar-refractivity contribution in [2.45, 2.75) is 82.2 Å². The summed E-state index contributed by atoms with van der Waals surface area (Å²) in [5.41, 5.74) is 3.46. The van der Waals surface area contributed by atoms with Crippen LogP contribution in [0.4, 0.5) is 18.0 Å². The first-order valence-electron chi connectivity index (χ1n) is 8.82. The molecule has 25 heavy (non-hydrogen) atoms. The molecule has 0 aromatic carbocycles. The predicted octanol–water partition coefficient (Wildman–Crippen LogP) is 3.20. The molecule has 3 N–H and O–H groups in total. The summed E-state index contributed by atoms with van der Waals surface area (Å²) >= 11 is 0. The fourth-order valence-corrected chi connectivity index (χ4v) is 3.81. The first kappa shape index (κ1) is 20.3. The van der Waals surface area contributed by atoms with Crippen molar-refractivity contribution in [1.29, 1.82) is 0 Å². The lowest BCUT2D eigenvalue weighted by atomic mass is 9.64. The van der Waals surface area contributed by atoms with E-state index in [0.717, 1.165) is 0 Å². The average molecular weight is 366 g/mol. The molecule has 1 saturated heterocycles. The number of hydrogen-bond acceptors (Lipinski definition) is 4. The third kappa shape index (κ3) is 4.58. The van der Waals surface area contributed by atoms with Gasteiger partial charge in [-0.1, -0.05) is 0 Å². The number of hydrogen-bond donors (Lipinski definition) is 2. The number of rotatable bonds is 1. The maximum absolute atomic E-state index is 12.8. The van der Waals surface area contributed by atoms with Crippen molar-refractivity contribution in [3.05, 3.63) is 0 Å². The molecule has 0 aromatic rings. The van der Waals surface area contributed by atoms with Crippen LogP contribution in [0.5, 0.6) is 0 Å². The molecule has 0 radical (unpaired) electrons. The van der Waals surface area contributed by atoms with Gasteiger partial charge in [0, 0.05) is 18.6 Å². The van der Waals surface area contributed by atoms with Crippen LogP contribution in [0.3, 0.4) is 0 Å². The zero-order valence-corrected chi connectivity index (χ0v) is 15.2. The number of carbonyl (C=O) groups is 1. The number of aliphatic hydroxyl groups is 1. The third-order valence-corrected chi connectivity index (χ3v) is 5.51. The summed E-state index contributed by atoms with van der Waals surface area (Å²) < 4.78 is 43.9. The quantitative estimate of drug-likeness (QED) is 0.747. The number of alkyl halides is 3. The van der Waals surface area contributed by atoms with Crippen molar-refractivity contribution in [3.63, 3.8) is 0 Å². The highest BCUT2D eigenvalue weighted by atomic mass is 19.4. The monoisotopic (exact) mass is 366 g/mol. The molecule has 2 aliphatic rings. The number of piperidine rings is 1. The van der Waals surface area contributed by atoms with Gasteiger partial charge < -0.3 is 20.5 Å². The van der Waals surface area contributed by atoms with E-state index in [9.17, 15) is 23.1 Å². The summed E-state index contributed by atoms with van der Waals surface area (Å²) in [4.78, 5) is 13.6. The van der Waals surface area contributed by atoms with Gasteiger partial charge in [0.2, 0.25) is 0 Å². The Labute approximate surface area is 146 Å². The van der Waals surface area contributed by atoms with E-state index >= 15 is 0 Å². The van der Waals surface area contributed by atoms with E-state index in [4.69, 9.17) is 10.5 Å². The second-order valence-electron chi connectivity index (χ2n) is 8.47. The molecular formula is C17H29F3N2O3. The molecule has 8 heteroatoms. The number of amides is 1.